The summed E-state index contributed by atoms with van der Waals surface area (Å²) in [6.45, 7) is -0.698. The van der Waals surface area contributed by atoms with E-state index in [0.717, 1.165) is 11.4 Å². The highest BCUT2D eigenvalue weighted by Crippen LogP contribution is 2.31. The Morgan fingerprint density at radius 2 is 1.61 bits per heavy atom. The normalized spacial score (nSPS) is 14.2. The molecule has 0 radical (unpaired) electrons. The van der Waals surface area contributed by atoms with E-state index in [2.05, 4.69) is 9.64 Å². The molecule has 1 fully saturated rings. The summed E-state index contributed by atoms with van der Waals surface area (Å²) in [7, 11) is 2.98. The average Bonchev–Trinajstić information content (AvgIpc) is 2.73. The fourth-order valence-corrected chi connectivity index (χ4v) is 3.22. The van der Waals surface area contributed by atoms with Crippen molar-refractivity contribution < 1.29 is 27.8 Å². The van der Waals surface area contributed by atoms with Gasteiger partial charge in [0.2, 0.25) is 0 Å². The predicted octanol–water partition coefficient (Wildman–Crippen LogP) is 3.27. The summed E-state index contributed by atoms with van der Waals surface area (Å²) in [5.41, 5.74) is 1.26. The molecule has 1 amide bonds. The summed E-state index contributed by atoms with van der Waals surface area (Å²) >= 11 is 0. The van der Waals surface area contributed by atoms with Crippen molar-refractivity contribution in [2.75, 3.05) is 45.3 Å². The van der Waals surface area contributed by atoms with Crippen molar-refractivity contribution >= 4 is 11.6 Å². The quantitative estimate of drug-likeness (QED) is 0.755. The van der Waals surface area contributed by atoms with Gasteiger partial charge in [-0.3, -0.25) is 4.79 Å². The molecule has 2 aromatic rings. The van der Waals surface area contributed by atoms with E-state index in [0.29, 0.717) is 26.2 Å². The van der Waals surface area contributed by atoms with Crippen LogP contribution in [-0.4, -0.2) is 57.8 Å². The van der Waals surface area contributed by atoms with Gasteiger partial charge in [-0.1, -0.05) is 12.1 Å². The zero-order chi connectivity index (χ0) is 20.1. The topological polar surface area (TPSA) is 51.2 Å². The lowest BCUT2D eigenvalue weighted by Crippen LogP contribution is -2.48. The van der Waals surface area contributed by atoms with E-state index < -0.39 is 6.61 Å². The van der Waals surface area contributed by atoms with Crippen molar-refractivity contribution in [3.05, 3.63) is 48.0 Å². The fraction of sp³-hybridized carbons (Fsp3) is 0.350. The van der Waals surface area contributed by atoms with Crippen molar-refractivity contribution in [3.63, 3.8) is 0 Å². The summed E-state index contributed by atoms with van der Waals surface area (Å²) in [5, 5.41) is 0. The number of carbonyl (C=O) groups is 1. The van der Waals surface area contributed by atoms with Gasteiger partial charge in [0.05, 0.1) is 19.9 Å². The maximum Gasteiger partial charge on any atom is 0.387 e. The van der Waals surface area contributed by atoms with E-state index in [1.54, 1.807) is 18.1 Å². The minimum absolute atomic E-state index is 0.151. The number of anilines is 1. The Morgan fingerprint density at radius 1 is 0.929 bits per heavy atom. The third kappa shape index (κ3) is 4.27. The molecule has 1 heterocycles. The number of piperazine rings is 1. The van der Waals surface area contributed by atoms with E-state index in [1.165, 1.54) is 19.2 Å². The lowest BCUT2D eigenvalue weighted by molar-refractivity contribution is -0.0512. The third-order valence-corrected chi connectivity index (χ3v) is 4.62. The van der Waals surface area contributed by atoms with Crippen LogP contribution in [0.4, 0.5) is 14.5 Å². The number of amides is 1. The van der Waals surface area contributed by atoms with Gasteiger partial charge in [0, 0.05) is 31.7 Å². The highest BCUT2D eigenvalue weighted by Gasteiger charge is 2.24. The van der Waals surface area contributed by atoms with Gasteiger partial charge in [0.1, 0.15) is 5.75 Å². The lowest BCUT2D eigenvalue weighted by atomic mass is 10.1. The molecular weight excluding hydrogens is 370 g/mol. The van der Waals surface area contributed by atoms with Crippen molar-refractivity contribution in [1.82, 2.24) is 4.90 Å². The maximum absolute atomic E-state index is 12.8. The van der Waals surface area contributed by atoms with Gasteiger partial charge in [0.25, 0.3) is 5.91 Å². The molecule has 0 aromatic heterocycles. The molecule has 0 aliphatic carbocycles. The molecule has 0 N–H and O–H groups in total. The minimum atomic E-state index is -3.00. The number of ether oxygens (including phenoxy) is 3. The number of carbonyl (C=O) groups excluding carboxylic acids is 1. The number of benzene rings is 2. The first-order chi connectivity index (χ1) is 13.5. The Labute approximate surface area is 162 Å². The van der Waals surface area contributed by atoms with Gasteiger partial charge in [-0.2, -0.15) is 8.78 Å². The van der Waals surface area contributed by atoms with E-state index in [9.17, 15) is 13.6 Å². The molecule has 0 unspecified atom stereocenters. The maximum atomic E-state index is 12.8. The highest BCUT2D eigenvalue weighted by atomic mass is 19.3. The largest absolute Gasteiger partial charge is 0.495 e. The number of methoxy groups -OCH3 is 2. The molecule has 28 heavy (non-hydrogen) atoms. The second-order valence-electron chi connectivity index (χ2n) is 6.20. The number of hydrogen-bond acceptors (Lipinski definition) is 5. The highest BCUT2D eigenvalue weighted by molar-refractivity contribution is 5.95. The minimum Gasteiger partial charge on any atom is -0.495 e. The summed E-state index contributed by atoms with van der Waals surface area (Å²) < 4.78 is 40.1. The van der Waals surface area contributed by atoms with Crippen LogP contribution in [0.3, 0.4) is 0 Å². The number of alkyl halides is 2. The van der Waals surface area contributed by atoms with Crippen LogP contribution in [0.2, 0.25) is 0 Å². The van der Waals surface area contributed by atoms with Crippen LogP contribution in [0.15, 0.2) is 42.5 Å². The van der Waals surface area contributed by atoms with Crippen LogP contribution in [0, 0.1) is 0 Å². The molecule has 1 saturated heterocycles. The first-order valence-electron chi connectivity index (χ1n) is 8.83. The number of hydrogen-bond donors (Lipinski definition) is 0. The number of para-hydroxylation sites is 2. The third-order valence-electron chi connectivity index (χ3n) is 4.62. The first kappa shape index (κ1) is 19.7. The Balaban J connectivity index is 1.70. The predicted molar refractivity (Wildman–Crippen MR) is 101 cm³/mol. The Hall–Kier alpha value is -3.03. The summed E-state index contributed by atoms with van der Waals surface area (Å²) in [6, 6.07) is 12.0. The molecule has 150 valence electrons. The zero-order valence-electron chi connectivity index (χ0n) is 15.7. The van der Waals surface area contributed by atoms with Gasteiger partial charge in [-0.15, -0.1) is 0 Å². The Bertz CT molecular complexity index is 824. The van der Waals surface area contributed by atoms with Crippen LogP contribution in [0.1, 0.15) is 10.4 Å². The summed E-state index contributed by atoms with van der Waals surface area (Å²) in [6.07, 6.45) is 0. The molecule has 2 aromatic carbocycles. The average molecular weight is 392 g/mol. The zero-order valence-corrected chi connectivity index (χ0v) is 15.7. The van der Waals surface area contributed by atoms with E-state index >= 15 is 0 Å². The number of halogens is 2. The summed E-state index contributed by atoms with van der Waals surface area (Å²) in [4.78, 5) is 16.7. The van der Waals surface area contributed by atoms with E-state index in [1.807, 2.05) is 24.3 Å². The van der Waals surface area contributed by atoms with E-state index in [4.69, 9.17) is 9.47 Å². The van der Waals surface area contributed by atoms with Gasteiger partial charge >= 0.3 is 6.61 Å². The molecule has 1 aliphatic rings. The number of nitrogens with zero attached hydrogens (tertiary/aromatic N) is 2. The van der Waals surface area contributed by atoms with Gasteiger partial charge < -0.3 is 24.0 Å². The fourth-order valence-electron chi connectivity index (χ4n) is 3.22. The molecular formula is C20H22F2N2O4. The van der Waals surface area contributed by atoms with Crippen LogP contribution in [0.25, 0.3) is 0 Å². The van der Waals surface area contributed by atoms with Crippen molar-refractivity contribution in [3.8, 4) is 17.2 Å². The van der Waals surface area contributed by atoms with E-state index in [-0.39, 0.29) is 23.0 Å². The van der Waals surface area contributed by atoms with Gasteiger partial charge in [-0.05, 0) is 30.3 Å². The Kier molecular flexibility index (Phi) is 6.18. The second kappa shape index (κ2) is 8.77. The van der Waals surface area contributed by atoms with Gasteiger partial charge in [-0.25, -0.2) is 0 Å². The van der Waals surface area contributed by atoms with Crippen molar-refractivity contribution in [2.24, 2.45) is 0 Å². The smallest absolute Gasteiger partial charge is 0.387 e. The summed E-state index contributed by atoms with van der Waals surface area (Å²) in [5.74, 6) is 0.543. The van der Waals surface area contributed by atoms with Gasteiger partial charge in [0.15, 0.2) is 11.5 Å². The molecule has 0 saturated carbocycles. The molecule has 0 bridgehead atoms. The van der Waals surface area contributed by atoms with Crippen LogP contribution >= 0.6 is 0 Å². The molecule has 6 nitrogen and oxygen atoms in total. The monoisotopic (exact) mass is 392 g/mol. The molecule has 0 atom stereocenters. The SMILES string of the molecule is COc1ccc(C(=O)N2CCN(c3ccccc3OC)CC2)cc1OC(F)F. The lowest BCUT2D eigenvalue weighted by Gasteiger charge is -2.36. The van der Waals surface area contributed by atoms with Crippen molar-refractivity contribution in [1.29, 1.82) is 0 Å². The molecule has 0 spiro atoms. The van der Waals surface area contributed by atoms with Crippen molar-refractivity contribution in [2.45, 2.75) is 6.61 Å². The van der Waals surface area contributed by atoms with Crippen LogP contribution in [-0.2, 0) is 0 Å². The first-order valence-corrected chi connectivity index (χ1v) is 8.83. The standard InChI is InChI=1S/C20H22F2N2O4/c1-26-16-6-4-3-5-15(16)23-9-11-24(12-10-23)19(25)14-7-8-17(27-2)18(13-14)28-20(21)22/h3-8,13,20H,9-12H2,1-2H3. The second-order valence-corrected chi connectivity index (χ2v) is 6.20. The van der Waals surface area contributed by atoms with Crippen LogP contribution in [0.5, 0.6) is 17.2 Å². The Morgan fingerprint density at radius 3 is 2.25 bits per heavy atom. The molecule has 1 aliphatic heterocycles. The number of rotatable bonds is 6. The van der Waals surface area contributed by atoms with Crippen LogP contribution < -0.4 is 19.1 Å². The molecule has 3 rings (SSSR count). The molecule has 8 heteroatoms.